The van der Waals surface area contributed by atoms with Crippen LogP contribution in [0.2, 0.25) is 0 Å². The van der Waals surface area contributed by atoms with E-state index in [2.05, 4.69) is 5.32 Å². The Kier molecular flexibility index (Phi) is 9.54. The van der Waals surface area contributed by atoms with Crippen LogP contribution in [0.4, 0.5) is 5.69 Å². The lowest BCUT2D eigenvalue weighted by atomic mass is 10.1. The van der Waals surface area contributed by atoms with Gasteiger partial charge in [0.05, 0.1) is 11.9 Å². The summed E-state index contributed by atoms with van der Waals surface area (Å²) in [5.41, 5.74) is 3.55. The van der Waals surface area contributed by atoms with Crippen LogP contribution < -0.4 is 9.62 Å². The number of nitrogens with one attached hydrogen (secondary N) is 1. The average molecular weight is 514 g/mol. The highest BCUT2D eigenvalue weighted by atomic mass is 32.2. The lowest BCUT2D eigenvalue weighted by molar-refractivity contribution is -0.141. The summed E-state index contributed by atoms with van der Waals surface area (Å²) in [7, 11) is -3.51. The quantitative estimate of drug-likeness (QED) is 0.485. The number of hydrogen-bond acceptors (Lipinski definition) is 4. The van der Waals surface area contributed by atoms with Crippen LogP contribution in [-0.4, -0.2) is 50.0 Å². The monoisotopic (exact) mass is 513 g/mol. The SMILES string of the molecule is Cc1ccc(CN(C(=O)CCCN(c2ccccc2C)S(C)(=O)=O)[C@H](C)C(=O)NC2CCCC2)cc1. The zero-order valence-electron chi connectivity index (χ0n) is 21.9. The standard InChI is InChI=1S/C28H39N3O4S/c1-21-15-17-24(18-16-21)20-30(23(3)28(33)29-25-11-6-7-12-25)27(32)14-9-19-31(36(4,34)35)26-13-8-5-10-22(26)2/h5,8,10,13,15-18,23,25H,6-7,9,11-12,14,19-20H2,1-4H3,(H,29,33)/t23-/m1/s1. The third kappa shape index (κ3) is 7.56. The summed E-state index contributed by atoms with van der Waals surface area (Å²) in [4.78, 5) is 28.1. The molecule has 0 bridgehead atoms. The second-order valence-corrected chi connectivity index (χ2v) is 11.8. The molecule has 1 fully saturated rings. The summed E-state index contributed by atoms with van der Waals surface area (Å²) in [6.45, 7) is 6.16. The minimum absolute atomic E-state index is 0.139. The molecule has 0 aromatic heterocycles. The molecule has 1 atom stereocenters. The van der Waals surface area contributed by atoms with Crippen molar-refractivity contribution in [3.05, 3.63) is 65.2 Å². The molecule has 1 aliphatic rings. The predicted molar refractivity (Wildman–Crippen MR) is 144 cm³/mol. The molecule has 0 unspecified atom stereocenters. The molecule has 1 saturated carbocycles. The van der Waals surface area contributed by atoms with Gasteiger partial charge < -0.3 is 10.2 Å². The van der Waals surface area contributed by atoms with E-state index < -0.39 is 16.1 Å². The van der Waals surface area contributed by atoms with Gasteiger partial charge in [-0.1, -0.05) is 60.9 Å². The molecule has 1 aliphatic carbocycles. The number of carbonyl (C=O) groups excluding carboxylic acids is 2. The van der Waals surface area contributed by atoms with Crippen LogP contribution in [0.3, 0.4) is 0 Å². The van der Waals surface area contributed by atoms with Gasteiger partial charge in [-0.05, 0) is 57.2 Å². The molecule has 0 aliphatic heterocycles. The van der Waals surface area contributed by atoms with Gasteiger partial charge in [0.1, 0.15) is 6.04 Å². The van der Waals surface area contributed by atoms with E-state index in [0.717, 1.165) is 42.4 Å². The molecular formula is C28H39N3O4S. The van der Waals surface area contributed by atoms with E-state index in [1.807, 2.05) is 50.2 Å². The Balaban J connectivity index is 1.72. The van der Waals surface area contributed by atoms with Crippen molar-refractivity contribution in [3.8, 4) is 0 Å². The summed E-state index contributed by atoms with van der Waals surface area (Å²) in [6.07, 6.45) is 5.86. The zero-order valence-corrected chi connectivity index (χ0v) is 22.7. The van der Waals surface area contributed by atoms with Crippen molar-refractivity contribution < 1.29 is 18.0 Å². The molecule has 0 saturated heterocycles. The smallest absolute Gasteiger partial charge is 0.242 e. The van der Waals surface area contributed by atoms with Gasteiger partial charge in [-0.15, -0.1) is 0 Å². The molecular weight excluding hydrogens is 474 g/mol. The van der Waals surface area contributed by atoms with Crippen molar-refractivity contribution in [2.24, 2.45) is 0 Å². The van der Waals surface area contributed by atoms with Gasteiger partial charge in [-0.2, -0.15) is 0 Å². The van der Waals surface area contributed by atoms with Crippen LogP contribution >= 0.6 is 0 Å². The van der Waals surface area contributed by atoms with Crippen molar-refractivity contribution >= 4 is 27.5 Å². The number of carbonyl (C=O) groups is 2. The lowest BCUT2D eigenvalue weighted by Gasteiger charge is -2.30. The van der Waals surface area contributed by atoms with Crippen molar-refractivity contribution in [3.63, 3.8) is 0 Å². The van der Waals surface area contributed by atoms with Crippen LogP contribution in [0.1, 0.15) is 62.1 Å². The first-order valence-corrected chi connectivity index (χ1v) is 14.6. The molecule has 2 amide bonds. The fourth-order valence-corrected chi connectivity index (χ4v) is 5.71. The first-order valence-electron chi connectivity index (χ1n) is 12.7. The van der Waals surface area contributed by atoms with E-state index in [9.17, 15) is 18.0 Å². The third-order valence-corrected chi connectivity index (χ3v) is 8.06. The van der Waals surface area contributed by atoms with E-state index in [1.54, 1.807) is 24.0 Å². The Morgan fingerprint density at radius 2 is 1.67 bits per heavy atom. The number of sulfonamides is 1. The Hall–Kier alpha value is -2.87. The van der Waals surface area contributed by atoms with Crippen LogP contribution in [0.15, 0.2) is 48.5 Å². The number of aryl methyl sites for hydroxylation is 2. The maximum atomic E-state index is 13.4. The number of benzene rings is 2. The van der Waals surface area contributed by atoms with E-state index in [4.69, 9.17) is 0 Å². The number of para-hydroxylation sites is 1. The molecule has 0 radical (unpaired) electrons. The Labute approximate surface area is 215 Å². The molecule has 1 N–H and O–H groups in total. The molecule has 36 heavy (non-hydrogen) atoms. The number of hydrogen-bond donors (Lipinski definition) is 1. The van der Waals surface area contributed by atoms with Gasteiger partial charge >= 0.3 is 0 Å². The highest BCUT2D eigenvalue weighted by Crippen LogP contribution is 2.23. The molecule has 0 spiro atoms. The fraction of sp³-hybridized carbons (Fsp3) is 0.500. The highest BCUT2D eigenvalue weighted by molar-refractivity contribution is 7.92. The number of amides is 2. The summed E-state index contributed by atoms with van der Waals surface area (Å²) >= 11 is 0. The van der Waals surface area contributed by atoms with E-state index >= 15 is 0 Å². The molecule has 8 heteroatoms. The Bertz CT molecular complexity index is 1140. The molecule has 0 heterocycles. The predicted octanol–water partition coefficient (Wildman–Crippen LogP) is 4.33. The maximum Gasteiger partial charge on any atom is 0.242 e. The van der Waals surface area contributed by atoms with Crippen molar-refractivity contribution in [2.75, 3.05) is 17.1 Å². The Morgan fingerprint density at radius 1 is 1.03 bits per heavy atom. The minimum atomic E-state index is -3.51. The molecule has 7 nitrogen and oxygen atoms in total. The molecule has 196 valence electrons. The summed E-state index contributed by atoms with van der Waals surface area (Å²) in [5, 5.41) is 3.11. The van der Waals surface area contributed by atoms with Crippen molar-refractivity contribution in [2.45, 2.75) is 77.9 Å². The van der Waals surface area contributed by atoms with E-state index in [-0.39, 0.29) is 30.8 Å². The summed E-state index contributed by atoms with van der Waals surface area (Å²) in [6, 6.07) is 14.8. The van der Waals surface area contributed by atoms with Crippen LogP contribution in [0.5, 0.6) is 0 Å². The number of anilines is 1. The number of rotatable bonds is 11. The topological polar surface area (TPSA) is 86.8 Å². The van der Waals surface area contributed by atoms with Crippen LogP contribution in [-0.2, 0) is 26.2 Å². The second-order valence-electron chi connectivity index (χ2n) is 9.90. The lowest BCUT2D eigenvalue weighted by Crippen LogP contribution is -2.49. The highest BCUT2D eigenvalue weighted by Gasteiger charge is 2.28. The third-order valence-electron chi connectivity index (χ3n) is 6.88. The van der Waals surface area contributed by atoms with Gasteiger partial charge in [-0.25, -0.2) is 8.42 Å². The minimum Gasteiger partial charge on any atom is -0.352 e. The van der Waals surface area contributed by atoms with Crippen LogP contribution in [0, 0.1) is 13.8 Å². The fourth-order valence-electron chi connectivity index (χ4n) is 4.69. The normalized spacial score (nSPS) is 14.9. The summed E-state index contributed by atoms with van der Waals surface area (Å²) < 4.78 is 26.4. The number of nitrogens with zero attached hydrogens (tertiary/aromatic N) is 2. The molecule has 3 rings (SSSR count). The maximum absolute atomic E-state index is 13.4. The van der Waals surface area contributed by atoms with E-state index in [0.29, 0.717) is 18.7 Å². The van der Waals surface area contributed by atoms with Crippen molar-refractivity contribution in [1.29, 1.82) is 0 Å². The van der Waals surface area contributed by atoms with Crippen molar-refractivity contribution in [1.82, 2.24) is 10.2 Å². The van der Waals surface area contributed by atoms with Gasteiger partial charge in [-0.3, -0.25) is 13.9 Å². The van der Waals surface area contributed by atoms with Gasteiger partial charge in [0.2, 0.25) is 21.8 Å². The van der Waals surface area contributed by atoms with Gasteiger partial charge in [0.15, 0.2) is 0 Å². The Morgan fingerprint density at radius 3 is 2.28 bits per heavy atom. The van der Waals surface area contributed by atoms with Crippen LogP contribution in [0.25, 0.3) is 0 Å². The van der Waals surface area contributed by atoms with Gasteiger partial charge in [0, 0.05) is 25.6 Å². The molecule has 2 aromatic carbocycles. The zero-order chi connectivity index (χ0) is 26.3. The molecule has 2 aromatic rings. The average Bonchev–Trinajstić information content (AvgIpc) is 3.34. The van der Waals surface area contributed by atoms with Gasteiger partial charge in [0.25, 0.3) is 0 Å². The first-order chi connectivity index (χ1) is 17.1. The van der Waals surface area contributed by atoms with E-state index in [1.165, 1.54) is 10.6 Å². The second kappa shape index (κ2) is 12.4. The summed E-state index contributed by atoms with van der Waals surface area (Å²) in [5.74, 6) is -0.303. The first kappa shape index (κ1) is 27.7. The largest absolute Gasteiger partial charge is 0.352 e.